The number of aliphatic carboxylic acids is 1. The van der Waals surface area contributed by atoms with Gasteiger partial charge in [0.15, 0.2) is 6.04 Å². The largest absolute Gasteiger partial charge is 0.508 e. The number of aromatic hydroxyl groups is 1. The molecular weight excluding hydrogens is 1440 g/mol. The van der Waals surface area contributed by atoms with Gasteiger partial charge >= 0.3 is 5.97 Å². The number of phenolic OH excluding ortho intramolecular Hbond substituents is 1. The normalized spacial score (nSPS) is 18.5. The summed E-state index contributed by atoms with van der Waals surface area (Å²) in [6.07, 6.45) is 6.13. The molecule has 9 rings (SSSR count). The number of thioether (sulfide) groups is 1. The van der Waals surface area contributed by atoms with E-state index in [2.05, 4.69) is 124 Å². The molecule has 0 spiro atoms. The molecule has 2 fully saturated rings. The summed E-state index contributed by atoms with van der Waals surface area (Å²) in [7, 11) is 0. The van der Waals surface area contributed by atoms with Crippen molar-refractivity contribution in [2.24, 2.45) is 11.7 Å². The highest BCUT2D eigenvalue weighted by Crippen LogP contribution is 2.45. The molecule has 2 saturated heterocycles. The van der Waals surface area contributed by atoms with Crippen molar-refractivity contribution in [1.82, 2.24) is 72.5 Å². The minimum atomic E-state index is -1.70. The number of hydrogen-bond donors (Lipinski definition) is 17. The quantitative estimate of drug-likeness (QED) is 0.0193. The van der Waals surface area contributed by atoms with Crippen LogP contribution in [-0.4, -0.2) is 248 Å². The standard InChI is InChI=1S/C77H105N15O13S3/c1-4-27-92-40-49(33-55-54-17-13-20-58-68(54)51(39-81-58)37-65(55)92)44-108-45-67(96)79-26-28-90-29-31-91(32-30-90)41-66(95)82-60(34-47-14-7-6-8-15-47)72(99)88-63(42-106)75(102)85-61(35-48-21-23-52(94)24-22-48)73(100)86-62(36-50-38-80-57-18-10-9-16-53(50)57)74(101)84-59(19-11-12-25-78)71(98)83-56(5-2)70(97)87-64(43-107)76(103)89-69(46(3)93)77(104)105/h6-10,13-18,20-24,38-39,46,49,55-56,59-65,69,80-81,93-94,106-107H,4-5,11-12,19,25-37,40-45,78H2,1-3H3,(H,79,96)(H,82,95)(H,83,98)(H,84,101)(H,85,102)(H,86,100)(H,87,97)(H,88,99)(H,89,103)(H,104,105)/t46-,49-,55?,56+,59+,60-,61+,62-,63+,64+,65?,69+/m1/s1. The Labute approximate surface area is 644 Å². The van der Waals surface area contributed by atoms with E-state index in [0.29, 0.717) is 92.3 Å². The molecule has 6 aromatic rings. The van der Waals surface area contributed by atoms with Crippen LogP contribution in [0.5, 0.6) is 5.75 Å². The van der Waals surface area contributed by atoms with Crippen molar-refractivity contribution >= 4 is 118 Å². The van der Waals surface area contributed by atoms with Gasteiger partial charge < -0.3 is 78.9 Å². The number of aromatic amines is 2. The summed E-state index contributed by atoms with van der Waals surface area (Å²) in [4.78, 5) is 153. The molecule has 0 bridgehead atoms. The lowest BCUT2D eigenvalue weighted by Crippen LogP contribution is -2.61. The first-order chi connectivity index (χ1) is 52.1. The number of carboxylic acids is 1. The number of aliphatic hydroxyl groups is 1. The maximum Gasteiger partial charge on any atom is 0.328 e. The number of likely N-dealkylation sites (tertiary alicyclic amines) is 1. The predicted octanol–water partition coefficient (Wildman–Crippen LogP) is 2.03. The molecule has 1 aliphatic carbocycles. The summed E-state index contributed by atoms with van der Waals surface area (Å²) in [5.41, 5.74) is 12.5. The number of nitrogens with zero attached hydrogens (tertiary/aromatic N) is 3. The van der Waals surface area contributed by atoms with Crippen LogP contribution in [0.2, 0.25) is 0 Å². The molecule has 28 nitrogen and oxygen atoms in total. The number of piperidine rings is 1. The van der Waals surface area contributed by atoms with Crippen molar-refractivity contribution in [3.63, 3.8) is 0 Å². The van der Waals surface area contributed by atoms with E-state index in [0.717, 1.165) is 49.2 Å². The Morgan fingerprint density at radius 3 is 1.82 bits per heavy atom. The molecule has 584 valence electrons. The van der Waals surface area contributed by atoms with Crippen LogP contribution in [0.4, 0.5) is 0 Å². The third kappa shape index (κ3) is 23.4. The van der Waals surface area contributed by atoms with Crippen molar-refractivity contribution in [3.05, 3.63) is 137 Å². The van der Waals surface area contributed by atoms with Crippen molar-refractivity contribution in [2.75, 3.05) is 88.5 Å². The minimum Gasteiger partial charge on any atom is -0.508 e. The van der Waals surface area contributed by atoms with Crippen LogP contribution in [-0.2, 0) is 73.6 Å². The molecule has 2 aliphatic heterocycles. The number of phenols is 1. The summed E-state index contributed by atoms with van der Waals surface area (Å²) in [6.45, 7) is 10.9. The third-order valence-corrected chi connectivity index (χ3v) is 22.2. The van der Waals surface area contributed by atoms with Gasteiger partial charge in [0.1, 0.15) is 48.0 Å². The highest BCUT2D eigenvalue weighted by atomic mass is 32.2. The number of fused-ring (bicyclic) bond motifs is 3. The molecule has 16 N–H and O–H groups in total. The molecular formula is C77H105N15O13S3. The Kier molecular flexibility index (Phi) is 31.8. The molecule has 31 heteroatoms. The fourth-order valence-corrected chi connectivity index (χ4v) is 16.0. The van der Waals surface area contributed by atoms with E-state index < -0.39 is 108 Å². The van der Waals surface area contributed by atoms with Crippen LogP contribution in [0.3, 0.4) is 0 Å². The number of carbonyl (C=O) groups is 10. The van der Waals surface area contributed by atoms with Gasteiger partial charge in [-0.15, -0.1) is 0 Å². The van der Waals surface area contributed by atoms with E-state index in [1.165, 1.54) is 41.1 Å². The van der Waals surface area contributed by atoms with Crippen LogP contribution >= 0.6 is 37.0 Å². The second-order valence-electron chi connectivity index (χ2n) is 28.3. The number of aliphatic hydroxyl groups excluding tert-OH is 1. The highest BCUT2D eigenvalue weighted by molar-refractivity contribution is 7.99. The number of aromatic nitrogens is 2. The number of piperazine rings is 1. The number of benzene rings is 4. The Morgan fingerprint density at radius 1 is 0.611 bits per heavy atom. The van der Waals surface area contributed by atoms with Gasteiger partial charge in [0, 0.05) is 123 Å². The van der Waals surface area contributed by atoms with Crippen molar-refractivity contribution in [3.8, 4) is 5.75 Å². The molecule has 2 aromatic heterocycles. The Balaban J connectivity index is 0.806. The first kappa shape index (κ1) is 83.4. The van der Waals surface area contributed by atoms with Gasteiger partial charge in [-0.3, -0.25) is 57.9 Å². The fraction of sp³-hybridized carbons (Fsp3) is 0.506. The number of thiol groups is 2. The van der Waals surface area contributed by atoms with E-state index in [1.54, 1.807) is 55.2 Å². The summed E-state index contributed by atoms with van der Waals surface area (Å²) < 4.78 is 0. The maximum absolute atomic E-state index is 15.1. The SMILES string of the molecule is CCCN1C[C@H](CSCC(=O)NCCN2CCN(CC(=O)N[C@H](Cc3ccccc3)C(=O)N[C@@H](CS)C(=O)N[C@@H](Cc3ccc(O)cc3)C(=O)N[C@H](Cc3c[nH]c4ccccc34)C(=O)N[C@@H](CCCCN)C(=O)N[C@@H](CC)C(=O)N[C@@H](CS)C(=O)N[C@H](C(=O)O)[C@@H](C)O)CC2)CC2c3cccc4[nH]cc(c34)CC21. The van der Waals surface area contributed by atoms with Gasteiger partial charge in [0.2, 0.25) is 53.2 Å². The second-order valence-corrected chi connectivity index (χ2v) is 30.0. The Morgan fingerprint density at radius 2 is 1.18 bits per heavy atom. The predicted molar refractivity (Wildman–Crippen MR) is 421 cm³/mol. The molecule has 108 heavy (non-hydrogen) atoms. The zero-order valence-electron chi connectivity index (χ0n) is 61.4. The number of para-hydroxylation sites is 1. The van der Waals surface area contributed by atoms with Gasteiger partial charge in [-0.1, -0.05) is 86.6 Å². The van der Waals surface area contributed by atoms with Crippen molar-refractivity contribution in [1.29, 1.82) is 0 Å². The highest BCUT2D eigenvalue weighted by Gasteiger charge is 2.41. The molecule has 0 radical (unpaired) electrons. The average molecular weight is 1540 g/mol. The van der Waals surface area contributed by atoms with Crippen LogP contribution < -0.4 is 53.6 Å². The van der Waals surface area contributed by atoms with E-state index in [-0.39, 0.29) is 68.4 Å². The lowest BCUT2D eigenvalue weighted by molar-refractivity contribution is -0.145. The fourth-order valence-electron chi connectivity index (χ4n) is 14.5. The van der Waals surface area contributed by atoms with Crippen molar-refractivity contribution in [2.45, 2.75) is 151 Å². The van der Waals surface area contributed by atoms with Gasteiger partial charge in [-0.25, -0.2) is 4.79 Å². The second kappa shape index (κ2) is 41.2. The first-order valence-corrected chi connectivity index (χ1v) is 39.7. The number of unbranched alkanes of at least 4 members (excludes halogenated alkanes) is 1. The lowest BCUT2D eigenvalue weighted by atomic mass is 9.72. The van der Waals surface area contributed by atoms with Crippen LogP contribution in [0.15, 0.2) is 109 Å². The molecule has 4 aromatic carbocycles. The Bertz CT molecular complexity index is 4030. The molecule has 0 saturated carbocycles. The van der Waals surface area contributed by atoms with E-state index in [4.69, 9.17) is 5.73 Å². The number of carboxylic acid groups (broad SMARTS) is 1. The van der Waals surface area contributed by atoms with Gasteiger partial charge in [-0.2, -0.15) is 37.0 Å². The first-order valence-electron chi connectivity index (χ1n) is 37.3. The van der Waals surface area contributed by atoms with Gasteiger partial charge in [-0.05, 0) is 129 Å². The maximum atomic E-state index is 15.1. The van der Waals surface area contributed by atoms with Crippen LogP contribution in [0, 0.1) is 5.92 Å². The summed E-state index contributed by atoms with van der Waals surface area (Å²) in [5, 5.41) is 56.3. The van der Waals surface area contributed by atoms with Crippen molar-refractivity contribution < 1.29 is 63.3 Å². The number of hydrogen-bond acceptors (Lipinski definition) is 19. The smallest absolute Gasteiger partial charge is 0.328 e. The van der Waals surface area contributed by atoms with Gasteiger partial charge in [0.05, 0.1) is 18.4 Å². The molecule has 12 atom stereocenters. The van der Waals surface area contributed by atoms with E-state index in [9.17, 15) is 58.5 Å². The van der Waals surface area contributed by atoms with E-state index in [1.807, 2.05) is 41.3 Å². The molecule has 2 unspecified atom stereocenters. The van der Waals surface area contributed by atoms with Crippen LogP contribution in [0.25, 0.3) is 21.8 Å². The molecule has 3 aliphatic rings. The van der Waals surface area contributed by atoms with E-state index >= 15 is 4.79 Å². The summed E-state index contributed by atoms with van der Waals surface area (Å²) >= 11 is 10.4. The average Bonchev–Trinajstić information content (AvgIpc) is 1.52. The number of H-pyrrole nitrogens is 2. The monoisotopic (exact) mass is 1540 g/mol. The summed E-state index contributed by atoms with van der Waals surface area (Å²) in [6, 6.07) is 18.1. The summed E-state index contributed by atoms with van der Waals surface area (Å²) in [5.74, 6) is -6.11. The molecule has 4 heterocycles. The topological polar surface area (TPSA) is 407 Å². The third-order valence-electron chi connectivity index (χ3n) is 20.3. The Hall–Kier alpha value is -8.69. The van der Waals surface area contributed by atoms with Gasteiger partial charge in [0.25, 0.3) is 0 Å². The zero-order valence-corrected chi connectivity index (χ0v) is 64.0. The zero-order chi connectivity index (χ0) is 77.4. The number of nitrogens with one attached hydrogen (secondary N) is 11. The van der Waals surface area contributed by atoms with Crippen LogP contribution in [0.1, 0.15) is 93.0 Å². The number of nitrogens with two attached hydrogens (primary N) is 1. The number of amides is 9. The lowest BCUT2D eigenvalue weighted by Gasteiger charge is -2.47. The minimum absolute atomic E-state index is 0.0102. The molecule has 9 amide bonds. The number of rotatable bonds is 41. The number of carbonyl (C=O) groups excluding carboxylic acids is 9.